The van der Waals surface area contributed by atoms with Gasteiger partial charge in [-0.2, -0.15) is 0 Å². The first-order valence-corrected chi connectivity index (χ1v) is 9.36. The number of piperidine rings is 1. The highest BCUT2D eigenvalue weighted by atomic mass is 32.1. The van der Waals surface area contributed by atoms with Gasteiger partial charge >= 0.3 is 0 Å². The Balaban J connectivity index is 1.65. The number of fused-ring (bicyclic) bond motifs is 2. The van der Waals surface area contributed by atoms with Crippen LogP contribution in [0.25, 0.3) is 10.2 Å². The van der Waals surface area contributed by atoms with Crippen molar-refractivity contribution in [3.63, 3.8) is 0 Å². The van der Waals surface area contributed by atoms with Crippen LogP contribution in [0, 0.1) is 6.92 Å². The minimum Gasteiger partial charge on any atom is -0.335 e. The van der Waals surface area contributed by atoms with Gasteiger partial charge in [0.2, 0.25) is 0 Å². The topological polar surface area (TPSA) is 58.4 Å². The van der Waals surface area contributed by atoms with Crippen molar-refractivity contribution in [1.82, 2.24) is 19.4 Å². The molecule has 7 heteroatoms. The minimum absolute atomic E-state index is 0.0581. The van der Waals surface area contributed by atoms with Crippen molar-refractivity contribution in [3.8, 4) is 0 Å². The van der Waals surface area contributed by atoms with Crippen molar-refractivity contribution in [1.29, 1.82) is 0 Å². The monoisotopic (exact) mass is 346 g/mol. The number of piperazine rings is 1. The van der Waals surface area contributed by atoms with E-state index in [1.54, 1.807) is 7.05 Å². The zero-order valence-electron chi connectivity index (χ0n) is 14.1. The number of carbonyl (C=O) groups excluding carboxylic acids is 1. The van der Waals surface area contributed by atoms with Gasteiger partial charge in [-0.15, -0.1) is 11.3 Å². The number of amides is 1. The van der Waals surface area contributed by atoms with Crippen molar-refractivity contribution < 1.29 is 4.79 Å². The standard InChI is InChI=1S/C17H22N4O2S/c1-11-13-15(18-10-19(2)16(13)22)24-14(11)17(23)21-8-7-20-6-4-3-5-12(20)9-21/h10,12H,3-9H2,1-2H3. The summed E-state index contributed by atoms with van der Waals surface area (Å²) in [6.45, 7) is 5.56. The lowest BCUT2D eigenvalue weighted by atomic mass is 9.99. The van der Waals surface area contributed by atoms with E-state index in [2.05, 4.69) is 9.88 Å². The van der Waals surface area contributed by atoms with Gasteiger partial charge in [-0.25, -0.2) is 4.98 Å². The van der Waals surface area contributed by atoms with Crippen molar-refractivity contribution in [2.24, 2.45) is 7.05 Å². The molecule has 0 N–H and O–H groups in total. The minimum atomic E-state index is -0.0788. The fraction of sp³-hybridized carbons (Fsp3) is 0.588. The van der Waals surface area contributed by atoms with Crippen LogP contribution in [0.3, 0.4) is 0 Å². The number of carbonyl (C=O) groups is 1. The predicted molar refractivity (Wildman–Crippen MR) is 94.7 cm³/mol. The molecule has 4 heterocycles. The Labute approximate surface area is 144 Å². The number of aryl methyl sites for hydroxylation is 2. The largest absolute Gasteiger partial charge is 0.335 e. The van der Waals surface area contributed by atoms with E-state index in [0.29, 0.717) is 21.1 Å². The second kappa shape index (κ2) is 5.97. The second-order valence-corrected chi connectivity index (χ2v) is 7.83. The predicted octanol–water partition coefficient (Wildman–Crippen LogP) is 1.61. The maximum atomic E-state index is 13.0. The van der Waals surface area contributed by atoms with Crippen molar-refractivity contribution in [2.75, 3.05) is 26.2 Å². The SMILES string of the molecule is Cc1c(C(=O)N2CCN3CCCCC3C2)sc2ncn(C)c(=O)c12. The molecule has 1 atom stereocenters. The molecule has 2 fully saturated rings. The Morgan fingerprint density at radius 1 is 1.29 bits per heavy atom. The van der Waals surface area contributed by atoms with Crippen LogP contribution in [-0.4, -0.2) is 57.5 Å². The zero-order chi connectivity index (χ0) is 16.8. The quantitative estimate of drug-likeness (QED) is 0.787. The third-order valence-corrected chi connectivity index (χ3v) is 6.52. The lowest BCUT2D eigenvalue weighted by molar-refractivity contribution is 0.0375. The van der Waals surface area contributed by atoms with E-state index in [9.17, 15) is 9.59 Å². The van der Waals surface area contributed by atoms with Crippen molar-refractivity contribution in [2.45, 2.75) is 32.2 Å². The summed E-state index contributed by atoms with van der Waals surface area (Å²) in [5, 5.41) is 0.588. The number of hydrogen-bond donors (Lipinski definition) is 0. The van der Waals surface area contributed by atoms with Crippen LogP contribution < -0.4 is 5.56 Å². The van der Waals surface area contributed by atoms with Gasteiger partial charge < -0.3 is 9.47 Å². The Morgan fingerprint density at radius 2 is 2.12 bits per heavy atom. The van der Waals surface area contributed by atoms with Crippen LogP contribution >= 0.6 is 11.3 Å². The molecule has 128 valence electrons. The Morgan fingerprint density at radius 3 is 2.96 bits per heavy atom. The number of aromatic nitrogens is 2. The van der Waals surface area contributed by atoms with Crippen LogP contribution in [0.4, 0.5) is 0 Å². The highest BCUT2D eigenvalue weighted by Gasteiger charge is 2.32. The molecule has 4 rings (SSSR count). The maximum Gasteiger partial charge on any atom is 0.264 e. The third-order valence-electron chi connectivity index (χ3n) is 5.33. The molecule has 2 aliphatic rings. The average molecular weight is 346 g/mol. The van der Waals surface area contributed by atoms with Crippen molar-refractivity contribution >= 4 is 27.5 Å². The number of nitrogens with zero attached hydrogens (tertiary/aromatic N) is 4. The van der Waals surface area contributed by atoms with Crippen LogP contribution in [0.1, 0.15) is 34.5 Å². The molecule has 0 bridgehead atoms. The molecular formula is C17H22N4O2S. The molecule has 6 nitrogen and oxygen atoms in total. The normalized spacial score (nSPS) is 21.9. The highest BCUT2D eigenvalue weighted by Crippen LogP contribution is 2.29. The van der Waals surface area contributed by atoms with Gasteiger partial charge in [0, 0.05) is 32.7 Å². The summed E-state index contributed by atoms with van der Waals surface area (Å²) in [5.74, 6) is 0.0581. The van der Waals surface area contributed by atoms with E-state index in [-0.39, 0.29) is 11.5 Å². The molecule has 0 aromatic carbocycles. The lowest BCUT2D eigenvalue weighted by Crippen LogP contribution is -2.56. The molecule has 2 saturated heterocycles. The fourth-order valence-electron chi connectivity index (χ4n) is 3.90. The first-order chi connectivity index (χ1) is 11.6. The van der Waals surface area contributed by atoms with Gasteiger partial charge in [0.25, 0.3) is 11.5 Å². The van der Waals surface area contributed by atoms with Crippen LogP contribution in [-0.2, 0) is 7.05 Å². The molecule has 0 aliphatic carbocycles. The van der Waals surface area contributed by atoms with E-state index >= 15 is 0 Å². The zero-order valence-corrected chi connectivity index (χ0v) is 14.9. The number of hydrogen-bond acceptors (Lipinski definition) is 5. The summed E-state index contributed by atoms with van der Waals surface area (Å²) in [6.07, 6.45) is 5.23. The summed E-state index contributed by atoms with van der Waals surface area (Å²) < 4.78 is 1.47. The Hall–Kier alpha value is -1.73. The molecule has 0 saturated carbocycles. The Bertz CT molecular complexity index is 856. The van der Waals surface area contributed by atoms with E-state index in [1.165, 1.54) is 41.5 Å². The third kappa shape index (κ3) is 2.46. The molecule has 0 radical (unpaired) electrons. The molecule has 0 spiro atoms. The molecule has 24 heavy (non-hydrogen) atoms. The molecule has 2 aromatic heterocycles. The highest BCUT2D eigenvalue weighted by molar-refractivity contribution is 7.20. The molecule has 2 aromatic rings. The summed E-state index contributed by atoms with van der Waals surface area (Å²) in [7, 11) is 1.69. The Kier molecular flexibility index (Phi) is 3.92. The first kappa shape index (κ1) is 15.8. The van der Waals surface area contributed by atoms with Crippen LogP contribution in [0.2, 0.25) is 0 Å². The van der Waals surface area contributed by atoms with Crippen LogP contribution in [0.5, 0.6) is 0 Å². The summed E-state index contributed by atoms with van der Waals surface area (Å²) >= 11 is 1.35. The lowest BCUT2D eigenvalue weighted by Gasteiger charge is -2.44. The van der Waals surface area contributed by atoms with E-state index in [1.807, 2.05) is 11.8 Å². The van der Waals surface area contributed by atoms with Crippen molar-refractivity contribution in [3.05, 3.63) is 27.1 Å². The molecule has 1 unspecified atom stereocenters. The number of rotatable bonds is 1. The van der Waals surface area contributed by atoms with Gasteiger partial charge in [-0.1, -0.05) is 6.42 Å². The number of thiophene rings is 1. The van der Waals surface area contributed by atoms with Crippen LogP contribution in [0.15, 0.2) is 11.1 Å². The van der Waals surface area contributed by atoms with E-state index in [4.69, 9.17) is 0 Å². The maximum absolute atomic E-state index is 13.0. The summed E-state index contributed by atoms with van der Waals surface area (Å²) in [5.41, 5.74) is 0.699. The summed E-state index contributed by atoms with van der Waals surface area (Å²) in [4.78, 5) is 35.5. The summed E-state index contributed by atoms with van der Waals surface area (Å²) in [6, 6.07) is 0.497. The van der Waals surface area contributed by atoms with Gasteiger partial charge in [-0.05, 0) is 31.9 Å². The first-order valence-electron chi connectivity index (χ1n) is 8.54. The fourth-order valence-corrected chi connectivity index (χ4v) is 5.00. The van der Waals surface area contributed by atoms with Gasteiger partial charge in [0.05, 0.1) is 16.6 Å². The van der Waals surface area contributed by atoms with Gasteiger partial charge in [0.15, 0.2) is 0 Å². The van der Waals surface area contributed by atoms with Gasteiger partial charge in [-0.3, -0.25) is 14.5 Å². The average Bonchev–Trinajstić information content (AvgIpc) is 2.94. The molecular weight excluding hydrogens is 324 g/mol. The molecule has 1 amide bonds. The smallest absolute Gasteiger partial charge is 0.264 e. The van der Waals surface area contributed by atoms with Gasteiger partial charge in [0.1, 0.15) is 4.83 Å². The van der Waals surface area contributed by atoms with E-state index in [0.717, 1.165) is 31.7 Å². The second-order valence-electron chi connectivity index (χ2n) is 6.83. The molecule has 2 aliphatic heterocycles. The van der Waals surface area contributed by atoms with E-state index < -0.39 is 0 Å².